The molecule has 0 bridgehead atoms. The van der Waals surface area contributed by atoms with Gasteiger partial charge in [-0.05, 0) is 38.3 Å². The molecule has 2 rings (SSSR count). The van der Waals surface area contributed by atoms with E-state index in [4.69, 9.17) is 21.3 Å². The van der Waals surface area contributed by atoms with E-state index in [-0.39, 0.29) is 0 Å². The van der Waals surface area contributed by atoms with E-state index in [1.54, 1.807) is 12.3 Å². The van der Waals surface area contributed by atoms with Gasteiger partial charge in [-0.15, -0.1) is 0 Å². The second-order valence-corrected chi connectivity index (χ2v) is 5.69. The first kappa shape index (κ1) is 17.0. The number of rotatable bonds is 5. The quantitative estimate of drug-likeness (QED) is 0.514. The summed E-state index contributed by atoms with van der Waals surface area (Å²) in [6.45, 7) is 8.37. The monoisotopic (exact) mass is 324 g/mol. The number of hydrogen-bond acceptors (Lipinski definition) is 3. The molecule has 0 saturated carbocycles. The van der Waals surface area contributed by atoms with Gasteiger partial charge in [0.1, 0.15) is 5.15 Å². The highest BCUT2D eigenvalue weighted by atomic mass is 35.5. The summed E-state index contributed by atoms with van der Waals surface area (Å²) in [6, 6.07) is 3.76. The largest absolute Gasteiger partial charge is 0.378 e. The minimum absolute atomic E-state index is 0.393. The van der Waals surface area contributed by atoms with E-state index in [9.17, 15) is 0 Å². The fraction of sp³-hybridized carbons (Fsp3) is 0.625. The van der Waals surface area contributed by atoms with Crippen molar-refractivity contribution in [3.05, 3.63) is 29.0 Å². The van der Waals surface area contributed by atoms with Crippen LogP contribution in [0.25, 0.3) is 0 Å². The summed E-state index contributed by atoms with van der Waals surface area (Å²) < 4.78 is 5.70. The summed E-state index contributed by atoms with van der Waals surface area (Å²) in [7, 11) is 0. The zero-order valence-corrected chi connectivity index (χ0v) is 14.1. The van der Waals surface area contributed by atoms with E-state index < -0.39 is 0 Å². The fourth-order valence-corrected chi connectivity index (χ4v) is 2.67. The van der Waals surface area contributed by atoms with Crippen LogP contribution >= 0.6 is 11.6 Å². The van der Waals surface area contributed by atoms with Gasteiger partial charge in [-0.2, -0.15) is 0 Å². The van der Waals surface area contributed by atoms with Gasteiger partial charge in [0.2, 0.25) is 0 Å². The SMILES string of the molecule is CCNC(=NCc1ccc(Cl)nc1)N1CCC(OCC)CC1. The number of nitrogens with one attached hydrogen (secondary N) is 1. The summed E-state index contributed by atoms with van der Waals surface area (Å²) in [5.41, 5.74) is 1.06. The standard InChI is InChI=1S/C16H25ClN4O/c1-3-18-16(20-12-13-5-6-15(17)19-11-13)21-9-7-14(8-10-21)22-4-2/h5-6,11,14H,3-4,7-10,12H2,1-2H3,(H,18,20). The Labute approximate surface area is 137 Å². The number of hydrogen-bond donors (Lipinski definition) is 1. The molecule has 0 aromatic carbocycles. The molecule has 1 saturated heterocycles. The van der Waals surface area contributed by atoms with Gasteiger partial charge >= 0.3 is 0 Å². The predicted molar refractivity (Wildman–Crippen MR) is 90.3 cm³/mol. The molecule has 1 fully saturated rings. The van der Waals surface area contributed by atoms with Gasteiger partial charge < -0.3 is 15.0 Å². The summed E-state index contributed by atoms with van der Waals surface area (Å²) in [6.07, 6.45) is 4.28. The van der Waals surface area contributed by atoms with Crippen molar-refractivity contribution >= 4 is 17.6 Å². The molecule has 1 aliphatic heterocycles. The summed E-state index contributed by atoms with van der Waals surface area (Å²) in [5, 5.41) is 3.88. The molecule has 1 N–H and O–H groups in total. The van der Waals surface area contributed by atoms with Crippen LogP contribution in [-0.4, -0.2) is 48.2 Å². The molecule has 0 aliphatic carbocycles. The number of pyridine rings is 1. The van der Waals surface area contributed by atoms with Gasteiger partial charge in [0.05, 0.1) is 12.6 Å². The number of piperidine rings is 1. The van der Waals surface area contributed by atoms with E-state index in [2.05, 4.69) is 29.0 Å². The molecule has 1 aromatic rings. The maximum Gasteiger partial charge on any atom is 0.194 e. The molecule has 0 spiro atoms. The van der Waals surface area contributed by atoms with Crippen molar-refractivity contribution in [3.8, 4) is 0 Å². The first-order valence-electron chi connectivity index (χ1n) is 7.98. The van der Waals surface area contributed by atoms with Gasteiger partial charge in [-0.25, -0.2) is 9.98 Å². The highest BCUT2D eigenvalue weighted by Gasteiger charge is 2.21. The Balaban J connectivity index is 1.94. The van der Waals surface area contributed by atoms with Crippen molar-refractivity contribution in [2.24, 2.45) is 4.99 Å². The normalized spacial score (nSPS) is 16.9. The van der Waals surface area contributed by atoms with Crippen LogP contribution in [0, 0.1) is 0 Å². The molecule has 0 amide bonds. The Morgan fingerprint density at radius 1 is 1.41 bits per heavy atom. The van der Waals surface area contributed by atoms with Crippen LogP contribution in [0.3, 0.4) is 0 Å². The van der Waals surface area contributed by atoms with Gasteiger partial charge in [0, 0.05) is 32.4 Å². The maximum atomic E-state index is 5.81. The average Bonchev–Trinajstić information content (AvgIpc) is 2.54. The van der Waals surface area contributed by atoms with Crippen molar-refractivity contribution in [1.82, 2.24) is 15.2 Å². The number of likely N-dealkylation sites (tertiary alicyclic amines) is 1. The van der Waals surface area contributed by atoms with E-state index in [0.717, 1.165) is 50.6 Å². The molecule has 0 radical (unpaired) electrons. The zero-order chi connectivity index (χ0) is 15.8. The van der Waals surface area contributed by atoms with Crippen LogP contribution < -0.4 is 5.32 Å². The second kappa shape index (κ2) is 8.96. The lowest BCUT2D eigenvalue weighted by atomic mass is 10.1. The fourth-order valence-electron chi connectivity index (χ4n) is 2.56. The van der Waals surface area contributed by atoms with Crippen molar-refractivity contribution in [3.63, 3.8) is 0 Å². The van der Waals surface area contributed by atoms with E-state index in [1.165, 1.54) is 0 Å². The number of guanidine groups is 1. The molecule has 6 heteroatoms. The average molecular weight is 325 g/mol. The second-order valence-electron chi connectivity index (χ2n) is 5.30. The maximum absolute atomic E-state index is 5.81. The molecular weight excluding hydrogens is 300 g/mol. The number of nitrogens with zero attached hydrogens (tertiary/aromatic N) is 3. The van der Waals surface area contributed by atoms with E-state index in [0.29, 0.717) is 17.8 Å². The zero-order valence-electron chi connectivity index (χ0n) is 13.4. The van der Waals surface area contributed by atoms with Gasteiger partial charge in [-0.3, -0.25) is 0 Å². The summed E-state index contributed by atoms with van der Waals surface area (Å²) in [4.78, 5) is 11.1. The molecular formula is C16H25ClN4O. The Kier molecular flexibility index (Phi) is 6.93. The number of ether oxygens (including phenoxy) is 1. The van der Waals surface area contributed by atoms with Gasteiger partial charge in [0.25, 0.3) is 0 Å². The Bertz CT molecular complexity index is 470. The Morgan fingerprint density at radius 2 is 2.18 bits per heavy atom. The molecule has 5 nitrogen and oxygen atoms in total. The first-order valence-corrected chi connectivity index (χ1v) is 8.36. The van der Waals surface area contributed by atoms with Crippen LogP contribution in [0.2, 0.25) is 5.15 Å². The predicted octanol–water partition coefficient (Wildman–Crippen LogP) is 2.70. The van der Waals surface area contributed by atoms with Crippen LogP contribution in [0.15, 0.2) is 23.3 Å². The summed E-state index contributed by atoms with van der Waals surface area (Å²) in [5.74, 6) is 0.965. The van der Waals surface area contributed by atoms with E-state index >= 15 is 0 Å². The Hall–Kier alpha value is -1.33. The first-order chi connectivity index (χ1) is 10.7. The third-order valence-electron chi connectivity index (χ3n) is 3.68. The minimum atomic E-state index is 0.393. The lowest BCUT2D eigenvalue weighted by molar-refractivity contribution is 0.0263. The van der Waals surface area contributed by atoms with E-state index in [1.807, 2.05) is 6.07 Å². The molecule has 0 atom stereocenters. The van der Waals surface area contributed by atoms with Crippen LogP contribution in [-0.2, 0) is 11.3 Å². The summed E-state index contributed by atoms with van der Waals surface area (Å²) >= 11 is 5.81. The Morgan fingerprint density at radius 3 is 2.77 bits per heavy atom. The van der Waals surface area contributed by atoms with Gasteiger partial charge in [-0.1, -0.05) is 17.7 Å². The smallest absolute Gasteiger partial charge is 0.194 e. The van der Waals surface area contributed by atoms with Crippen LogP contribution in [0.5, 0.6) is 0 Å². The van der Waals surface area contributed by atoms with Crippen LogP contribution in [0.4, 0.5) is 0 Å². The van der Waals surface area contributed by atoms with Crippen molar-refractivity contribution in [2.75, 3.05) is 26.2 Å². The van der Waals surface area contributed by atoms with Crippen molar-refractivity contribution in [1.29, 1.82) is 0 Å². The highest BCUT2D eigenvalue weighted by molar-refractivity contribution is 6.29. The molecule has 22 heavy (non-hydrogen) atoms. The molecule has 1 aliphatic rings. The molecule has 1 aromatic heterocycles. The topological polar surface area (TPSA) is 49.8 Å². The third kappa shape index (κ3) is 5.14. The number of halogens is 1. The minimum Gasteiger partial charge on any atom is -0.378 e. The van der Waals surface area contributed by atoms with Crippen molar-refractivity contribution < 1.29 is 4.74 Å². The molecule has 2 heterocycles. The lowest BCUT2D eigenvalue weighted by Crippen LogP contribution is -2.47. The third-order valence-corrected chi connectivity index (χ3v) is 3.90. The molecule has 122 valence electrons. The van der Waals surface area contributed by atoms with Crippen molar-refractivity contribution in [2.45, 2.75) is 39.3 Å². The highest BCUT2D eigenvalue weighted by Crippen LogP contribution is 2.14. The number of aromatic nitrogens is 1. The van der Waals surface area contributed by atoms with Gasteiger partial charge in [0.15, 0.2) is 5.96 Å². The lowest BCUT2D eigenvalue weighted by Gasteiger charge is -2.34. The number of aliphatic imine (C=N–C) groups is 1. The molecule has 0 unspecified atom stereocenters. The van der Waals surface area contributed by atoms with Crippen LogP contribution in [0.1, 0.15) is 32.3 Å².